The highest BCUT2D eigenvalue weighted by Gasteiger charge is 2.16. The maximum atomic E-state index is 6.24. The van der Waals surface area contributed by atoms with Crippen molar-refractivity contribution >= 4 is 11.6 Å². The number of halogens is 1. The molecule has 1 aromatic carbocycles. The number of ether oxygens (including phenoxy) is 2. The highest BCUT2D eigenvalue weighted by atomic mass is 35.5. The molecule has 0 fully saturated rings. The van der Waals surface area contributed by atoms with Gasteiger partial charge in [0.2, 0.25) is 0 Å². The molecule has 124 valence electrons. The fourth-order valence-corrected chi connectivity index (χ4v) is 3.04. The normalized spacial score (nSPS) is 13.3. The molecule has 0 aliphatic carbocycles. The van der Waals surface area contributed by atoms with Gasteiger partial charge in [0.25, 0.3) is 0 Å². The Labute approximate surface area is 141 Å². The molecule has 0 spiro atoms. The van der Waals surface area contributed by atoms with E-state index in [2.05, 4.69) is 28.1 Å². The molecule has 2 heterocycles. The van der Waals surface area contributed by atoms with Crippen LogP contribution in [0, 0.1) is 13.8 Å². The third-order valence-corrected chi connectivity index (χ3v) is 4.09. The molecule has 0 saturated heterocycles. The first-order valence-electron chi connectivity index (χ1n) is 7.93. The Hall–Kier alpha value is -1.72. The van der Waals surface area contributed by atoms with Crippen LogP contribution in [0.3, 0.4) is 0 Å². The van der Waals surface area contributed by atoms with Crippen LogP contribution in [0.2, 0.25) is 5.02 Å². The molecule has 2 aromatic rings. The molecule has 0 amide bonds. The van der Waals surface area contributed by atoms with Crippen molar-refractivity contribution in [3.63, 3.8) is 0 Å². The predicted molar refractivity (Wildman–Crippen MR) is 90.5 cm³/mol. The third-order valence-electron chi connectivity index (χ3n) is 3.81. The van der Waals surface area contributed by atoms with Crippen molar-refractivity contribution in [2.75, 3.05) is 19.8 Å². The van der Waals surface area contributed by atoms with E-state index in [1.807, 2.05) is 19.1 Å². The molecule has 5 nitrogen and oxygen atoms in total. The maximum absolute atomic E-state index is 6.24. The zero-order chi connectivity index (χ0) is 16.2. The first-order valence-corrected chi connectivity index (χ1v) is 8.31. The van der Waals surface area contributed by atoms with E-state index in [1.54, 1.807) is 0 Å². The number of rotatable bonds is 6. The second-order valence-corrected chi connectivity index (χ2v) is 6.19. The topological polar surface area (TPSA) is 48.3 Å². The van der Waals surface area contributed by atoms with E-state index >= 15 is 0 Å². The van der Waals surface area contributed by atoms with E-state index in [9.17, 15) is 0 Å². The minimum Gasteiger partial charge on any atom is -0.486 e. The van der Waals surface area contributed by atoms with Gasteiger partial charge in [0.05, 0.1) is 10.7 Å². The Kier molecular flexibility index (Phi) is 5.08. The van der Waals surface area contributed by atoms with Crippen LogP contribution in [0.15, 0.2) is 18.2 Å². The van der Waals surface area contributed by atoms with Gasteiger partial charge < -0.3 is 14.8 Å². The molecule has 1 N–H and O–H groups in total. The van der Waals surface area contributed by atoms with Gasteiger partial charge in [-0.05, 0) is 50.6 Å². The smallest absolute Gasteiger partial charge is 0.179 e. The summed E-state index contributed by atoms with van der Waals surface area (Å²) in [5, 5.41) is 8.52. The largest absolute Gasteiger partial charge is 0.486 e. The number of aromatic nitrogens is 2. The van der Waals surface area contributed by atoms with Crippen LogP contribution < -0.4 is 14.8 Å². The third kappa shape index (κ3) is 3.98. The average molecular weight is 336 g/mol. The van der Waals surface area contributed by atoms with Gasteiger partial charge in [0.15, 0.2) is 11.5 Å². The molecular weight excluding hydrogens is 314 g/mol. The van der Waals surface area contributed by atoms with Gasteiger partial charge in [0.1, 0.15) is 13.2 Å². The van der Waals surface area contributed by atoms with Crippen molar-refractivity contribution < 1.29 is 9.47 Å². The summed E-state index contributed by atoms with van der Waals surface area (Å²) in [7, 11) is 0. The molecule has 0 radical (unpaired) electrons. The van der Waals surface area contributed by atoms with Gasteiger partial charge in [-0.25, -0.2) is 0 Å². The van der Waals surface area contributed by atoms with Crippen LogP contribution in [-0.2, 0) is 13.1 Å². The van der Waals surface area contributed by atoms with Crippen molar-refractivity contribution in [2.45, 2.75) is 33.4 Å². The van der Waals surface area contributed by atoms with Gasteiger partial charge in [-0.2, -0.15) is 5.10 Å². The molecule has 1 aromatic heterocycles. The predicted octanol–water partition coefficient (Wildman–Crippen LogP) is 3.10. The summed E-state index contributed by atoms with van der Waals surface area (Å²) in [6.45, 7) is 7.84. The van der Waals surface area contributed by atoms with E-state index in [4.69, 9.17) is 21.1 Å². The van der Waals surface area contributed by atoms with Crippen LogP contribution in [0.1, 0.15) is 23.4 Å². The molecule has 0 unspecified atom stereocenters. The maximum Gasteiger partial charge on any atom is 0.179 e. The van der Waals surface area contributed by atoms with Crippen LogP contribution in [0.4, 0.5) is 0 Å². The van der Waals surface area contributed by atoms with Crippen LogP contribution in [-0.4, -0.2) is 29.5 Å². The standard InChI is InChI=1S/C17H22ClN3O2/c1-12-8-13(2)21(20-12)5-3-4-19-11-14-9-15(18)17-16(10-14)22-6-7-23-17/h8-10,19H,3-7,11H2,1-2H3. The monoisotopic (exact) mass is 335 g/mol. The van der Waals surface area contributed by atoms with Crippen molar-refractivity contribution in [2.24, 2.45) is 0 Å². The number of hydrogen-bond donors (Lipinski definition) is 1. The molecular formula is C17H22ClN3O2. The number of aryl methyl sites for hydroxylation is 3. The van der Waals surface area contributed by atoms with E-state index in [-0.39, 0.29) is 0 Å². The molecule has 0 saturated carbocycles. The van der Waals surface area contributed by atoms with Crippen molar-refractivity contribution in [3.05, 3.63) is 40.2 Å². The van der Waals surface area contributed by atoms with E-state index < -0.39 is 0 Å². The fourth-order valence-electron chi connectivity index (χ4n) is 2.75. The highest BCUT2D eigenvalue weighted by Crippen LogP contribution is 2.38. The summed E-state index contributed by atoms with van der Waals surface area (Å²) in [6.07, 6.45) is 1.03. The van der Waals surface area contributed by atoms with Crippen LogP contribution in [0.25, 0.3) is 0 Å². The number of hydrogen-bond acceptors (Lipinski definition) is 4. The summed E-state index contributed by atoms with van der Waals surface area (Å²) in [5.41, 5.74) is 3.38. The SMILES string of the molecule is Cc1cc(C)n(CCCNCc2cc(Cl)c3c(c2)OCCO3)n1. The van der Waals surface area contributed by atoms with Gasteiger partial charge in [-0.1, -0.05) is 11.6 Å². The molecule has 0 atom stereocenters. The molecule has 23 heavy (non-hydrogen) atoms. The van der Waals surface area contributed by atoms with E-state index in [0.717, 1.165) is 43.1 Å². The lowest BCUT2D eigenvalue weighted by Crippen LogP contribution is -2.19. The summed E-state index contributed by atoms with van der Waals surface area (Å²) in [5.74, 6) is 1.40. The Morgan fingerprint density at radius 2 is 2.04 bits per heavy atom. The van der Waals surface area contributed by atoms with Crippen molar-refractivity contribution in [1.29, 1.82) is 0 Å². The Balaban J connectivity index is 1.47. The lowest BCUT2D eigenvalue weighted by molar-refractivity contribution is 0.171. The highest BCUT2D eigenvalue weighted by molar-refractivity contribution is 6.32. The second kappa shape index (κ2) is 7.23. The number of fused-ring (bicyclic) bond motifs is 1. The summed E-state index contributed by atoms with van der Waals surface area (Å²) in [4.78, 5) is 0. The van der Waals surface area contributed by atoms with E-state index in [0.29, 0.717) is 24.0 Å². The average Bonchev–Trinajstić information content (AvgIpc) is 2.85. The van der Waals surface area contributed by atoms with Gasteiger partial charge in [-0.15, -0.1) is 0 Å². The van der Waals surface area contributed by atoms with Crippen molar-refractivity contribution in [1.82, 2.24) is 15.1 Å². The summed E-state index contributed by atoms with van der Waals surface area (Å²) in [6, 6.07) is 6.03. The van der Waals surface area contributed by atoms with Gasteiger partial charge in [0, 0.05) is 18.8 Å². The molecule has 1 aliphatic heterocycles. The quantitative estimate of drug-likeness (QED) is 0.824. The minimum atomic E-state index is 0.552. The summed E-state index contributed by atoms with van der Waals surface area (Å²) >= 11 is 6.24. The number of nitrogens with zero attached hydrogens (tertiary/aromatic N) is 2. The second-order valence-electron chi connectivity index (χ2n) is 5.78. The fraction of sp³-hybridized carbons (Fsp3) is 0.471. The zero-order valence-corrected chi connectivity index (χ0v) is 14.3. The molecule has 3 rings (SSSR count). The Morgan fingerprint density at radius 1 is 1.22 bits per heavy atom. The Bertz CT molecular complexity index is 685. The summed E-state index contributed by atoms with van der Waals surface area (Å²) < 4.78 is 13.2. The van der Waals surface area contributed by atoms with Gasteiger partial charge in [-0.3, -0.25) is 4.68 Å². The van der Waals surface area contributed by atoms with Crippen LogP contribution in [0.5, 0.6) is 11.5 Å². The van der Waals surface area contributed by atoms with E-state index in [1.165, 1.54) is 5.69 Å². The van der Waals surface area contributed by atoms with Gasteiger partial charge >= 0.3 is 0 Å². The molecule has 1 aliphatic rings. The minimum absolute atomic E-state index is 0.552. The lowest BCUT2D eigenvalue weighted by atomic mass is 10.2. The number of benzene rings is 1. The first kappa shape index (κ1) is 16.1. The first-order chi connectivity index (χ1) is 11.1. The van der Waals surface area contributed by atoms with Crippen LogP contribution >= 0.6 is 11.6 Å². The zero-order valence-electron chi connectivity index (χ0n) is 13.6. The number of nitrogens with one attached hydrogen (secondary N) is 1. The van der Waals surface area contributed by atoms with Crippen molar-refractivity contribution in [3.8, 4) is 11.5 Å². The molecule has 0 bridgehead atoms. The Morgan fingerprint density at radius 3 is 2.83 bits per heavy atom. The lowest BCUT2D eigenvalue weighted by Gasteiger charge is -2.20. The molecule has 6 heteroatoms.